The predicted octanol–water partition coefficient (Wildman–Crippen LogP) is 1.60. The zero-order chi connectivity index (χ0) is 14.9. The van der Waals surface area contributed by atoms with Crippen LogP contribution in [0.15, 0.2) is 43.0 Å². The molecule has 2 aromatic rings. The van der Waals surface area contributed by atoms with Crippen molar-refractivity contribution in [2.24, 2.45) is 0 Å². The first-order valence-electron chi connectivity index (χ1n) is 7.27. The van der Waals surface area contributed by atoms with E-state index in [2.05, 4.69) is 20.2 Å². The normalized spacial score (nSPS) is 10.5. The predicted molar refractivity (Wildman–Crippen MR) is 83.2 cm³/mol. The second kappa shape index (κ2) is 8.21. The van der Waals surface area contributed by atoms with Crippen molar-refractivity contribution in [3.05, 3.63) is 54.1 Å². The second-order valence-corrected chi connectivity index (χ2v) is 5.03. The van der Waals surface area contributed by atoms with Crippen LogP contribution in [0, 0.1) is 6.92 Å². The Hall–Kier alpha value is -2.14. The number of hydrogen-bond acceptors (Lipinski definition) is 3. The van der Waals surface area contributed by atoms with E-state index in [0.717, 1.165) is 31.6 Å². The van der Waals surface area contributed by atoms with E-state index in [4.69, 9.17) is 0 Å². The van der Waals surface area contributed by atoms with E-state index in [1.54, 1.807) is 6.20 Å². The zero-order valence-electron chi connectivity index (χ0n) is 12.4. The van der Waals surface area contributed by atoms with Gasteiger partial charge < -0.3 is 15.2 Å². The summed E-state index contributed by atoms with van der Waals surface area (Å²) in [7, 11) is 0. The molecule has 0 unspecified atom stereocenters. The van der Waals surface area contributed by atoms with Gasteiger partial charge in [0.1, 0.15) is 0 Å². The minimum absolute atomic E-state index is 0.0183. The van der Waals surface area contributed by atoms with Crippen LogP contribution in [0.1, 0.15) is 22.3 Å². The lowest BCUT2D eigenvalue weighted by atomic mass is 10.1. The van der Waals surface area contributed by atoms with E-state index >= 15 is 0 Å². The van der Waals surface area contributed by atoms with Crippen molar-refractivity contribution in [2.75, 3.05) is 19.6 Å². The second-order valence-electron chi connectivity index (χ2n) is 5.03. The summed E-state index contributed by atoms with van der Waals surface area (Å²) in [6, 6.07) is 7.60. The topological polar surface area (TPSA) is 59.0 Å². The van der Waals surface area contributed by atoms with Gasteiger partial charge >= 0.3 is 0 Å². The lowest BCUT2D eigenvalue weighted by Gasteiger charge is -2.07. The molecule has 0 bridgehead atoms. The Balaban J connectivity index is 1.53. The third kappa shape index (κ3) is 5.39. The Morgan fingerprint density at radius 3 is 2.71 bits per heavy atom. The quantitative estimate of drug-likeness (QED) is 0.725. The average molecular weight is 286 g/mol. The summed E-state index contributed by atoms with van der Waals surface area (Å²) >= 11 is 0. The number of carbonyl (C=O) groups excluding carboxylic acids is 1. The van der Waals surface area contributed by atoms with Crippen LogP contribution in [0.3, 0.4) is 0 Å². The molecule has 0 aliphatic rings. The molecule has 1 amide bonds. The molecule has 0 aliphatic carbocycles. The molecule has 0 radical (unpaired) electrons. The highest BCUT2D eigenvalue weighted by molar-refractivity contribution is 5.94. The lowest BCUT2D eigenvalue weighted by molar-refractivity contribution is 0.0954. The molecule has 1 aromatic heterocycles. The van der Waals surface area contributed by atoms with Crippen molar-refractivity contribution in [3.63, 3.8) is 0 Å². The molecule has 112 valence electrons. The largest absolute Gasteiger partial charge is 0.351 e. The van der Waals surface area contributed by atoms with Gasteiger partial charge in [-0.2, -0.15) is 0 Å². The smallest absolute Gasteiger partial charge is 0.251 e. The monoisotopic (exact) mass is 286 g/mol. The van der Waals surface area contributed by atoms with Crippen LogP contribution in [-0.4, -0.2) is 35.1 Å². The minimum Gasteiger partial charge on any atom is -0.351 e. The first-order valence-corrected chi connectivity index (χ1v) is 7.27. The van der Waals surface area contributed by atoms with E-state index < -0.39 is 0 Å². The SMILES string of the molecule is Cc1ccc(C(=O)NCCNCCCn2ccnc2)cc1. The molecule has 0 spiro atoms. The summed E-state index contributed by atoms with van der Waals surface area (Å²) in [6.07, 6.45) is 6.61. The maximum absolute atomic E-state index is 11.9. The van der Waals surface area contributed by atoms with Crippen molar-refractivity contribution in [1.29, 1.82) is 0 Å². The number of nitrogens with one attached hydrogen (secondary N) is 2. The van der Waals surface area contributed by atoms with Crippen LogP contribution in [0.25, 0.3) is 0 Å². The molecule has 0 fully saturated rings. The summed E-state index contributed by atoms with van der Waals surface area (Å²) in [5, 5.41) is 6.22. The van der Waals surface area contributed by atoms with Crippen molar-refractivity contribution in [3.8, 4) is 0 Å². The van der Waals surface area contributed by atoms with Gasteiger partial charge in [0.2, 0.25) is 0 Å². The molecule has 5 nitrogen and oxygen atoms in total. The van der Waals surface area contributed by atoms with Gasteiger partial charge in [-0.25, -0.2) is 4.98 Å². The first-order chi connectivity index (χ1) is 10.3. The Morgan fingerprint density at radius 2 is 2.00 bits per heavy atom. The number of imidazole rings is 1. The van der Waals surface area contributed by atoms with E-state index in [9.17, 15) is 4.79 Å². The lowest BCUT2D eigenvalue weighted by Crippen LogP contribution is -2.32. The molecule has 0 aliphatic heterocycles. The number of amides is 1. The highest BCUT2D eigenvalue weighted by Gasteiger charge is 2.03. The molecule has 0 saturated heterocycles. The maximum atomic E-state index is 11.9. The molecular formula is C16H22N4O. The van der Waals surface area contributed by atoms with E-state index in [0.29, 0.717) is 12.1 Å². The summed E-state index contributed by atoms with van der Waals surface area (Å²) in [5.41, 5.74) is 1.87. The van der Waals surface area contributed by atoms with E-state index in [1.165, 1.54) is 0 Å². The fourth-order valence-electron chi connectivity index (χ4n) is 2.00. The van der Waals surface area contributed by atoms with Gasteiger partial charge in [0.15, 0.2) is 0 Å². The van der Waals surface area contributed by atoms with Crippen molar-refractivity contribution >= 4 is 5.91 Å². The molecular weight excluding hydrogens is 264 g/mol. The fraction of sp³-hybridized carbons (Fsp3) is 0.375. The van der Waals surface area contributed by atoms with Crippen LogP contribution in [0.2, 0.25) is 0 Å². The van der Waals surface area contributed by atoms with Gasteiger partial charge in [-0.05, 0) is 32.0 Å². The Kier molecular flexibility index (Phi) is 5.97. The van der Waals surface area contributed by atoms with Crippen LogP contribution in [0.5, 0.6) is 0 Å². The number of benzene rings is 1. The summed E-state index contributed by atoms with van der Waals surface area (Å²) in [5.74, 6) is -0.0183. The number of nitrogens with zero attached hydrogens (tertiary/aromatic N) is 2. The van der Waals surface area contributed by atoms with Crippen molar-refractivity contribution in [2.45, 2.75) is 19.9 Å². The van der Waals surface area contributed by atoms with Crippen molar-refractivity contribution < 1.29 is 4.79 Å². The van der Waals surface area contributed by atoms with E-state index in [1.807, 2.05) is 43.7 Å². The zero-order valence-corrected chi connectivity index (χ0v) is 12.4. The fourth-order valence-corrected chi connectivity index (χ4v) is 2.00. The molecule has 2 N–H and O–H groups in total. The number of aryl methyl sites for hydroxylation is 2. The molecule has 1 heterocycles. The first kappa shape index (κ1) is 15.3. The van der Waals surface area contributed by atoms with Gasteiger partial charge in [-0.3, -0.25) is 4.79 Å². The highest BCUT2D eigenvalue weighted by Crippen LogP contribution is 2.02. The van der Waals surface area contributed by atoms with Crippen molar-refractivity contribution in [1.82, 2.24) is 20.2 Å². The molecule has 2 rings (SSSR count). The Bertz CT molecular complexity index is 534. The molecule has 1 aromatic carbocycles. The van der Waals surface area contributed by atoms with E-state index in [-0.39, 0.29) is 5.91 Å². The number of carbonyl (C=O) groups is 1. The van der Waals surface area contributed by atoms with Crippen LogP contribution in [0.4, 0.5) is 0 Å². The number of hydrogen-bond donors (Lipinski definition) is 2. The average Bonchev–Trinajstić information content (AvgIpc) is 3.00. The number of aromatic nitrogens is 2. The third-order valence-corrected chi connectivity index (χ3v) is 3.23. The Morgan fingerprint density at radius 1 is 1.19 bits per heavy atom. The third-order valence-electron chi connectivity index (χ3n) is 3.23. The van der Waals surface area contributed by atoms with Gasteiger partial charge in [-0.15, -0.1) is 0 Å². The van der Waals surface area contributed by atoms with Crippen LogP contribution in [-0.2, 0) is 6.54 Å². The summed E-state index contributed by atoms with van der Waals surface area (Å²) in [6.45, 7) is 5.32. The minimum atomic E-state index is -0.0183. The molecule has 0 saturated carbocycles. The summed E-state index contributed by atoms with van der Waals surface area (Å²) < 4.78 is 2.06. The maximum Gasteiger partial charge on any atom is 0.251 e. The molecule has 0 atom stereocenters. The summed E-state index contributed by atoms with van der Waals surface area (Å²) in [4.78, 5) is 15.9. The highest BCUT2D eigenvalue weighted by atomic mass is 16.1. The Labute approximate surface area is 125 Å². The van der Waals surface area contributed by atoms with Gasteiger partial charge in [0.05, 0.1) is 6.33 Å². The molecule has 5 heteroatoms. The molecule has 21 heavy (non-hydrogen) atoms. The van der Waals surface area contributed by atoms with Gasteiger partial charge in [0.25, 0.3) is 5.91 Å². The standard InChI is InChI=1S/C16H22N4O/c1-14-3-5-15(6-4-14)16(21)19-9-8-17-7-2-11-20-12-10-18-13-20/h3-6,10,12-13,17H,2,7-9,11H2,1H3,(H,19,21). The number of rotatable bonds is 8. The van der Waals surface area contributed by atoms with Gasteiger partial charge in [0, 0.05) is 37.6 Å². The van der Waals surface area contributed by atoms with Gasteiger partial charge in [-0.1, -0.05) is 17.7 Å². The van der Waals surface area contributed by atoms with Crippen LogP contribution >= 0.6 is 0 Å². The van der Waals surface area contributed by atoms with Crippen LogP contribution < -0.4 is 10.6 Å².